The molecule has 0 aliphatic rings. The molecule has 1 heterocycles. The van der Waals surface area contributed by atoms with E-state index in [1.165, 1.54) is 5.56 Å². The Labute approximate surface area is 126 Å². The first-order valence-corrected chi connectivity index (χ1v) is 7.39. The minimum absolute atomic E-state index is 0.811. The van der Waals surface area contributed by atoms with Gasteiger partial charge in [0.25, 0.3) is 0 Å². The molecule has 0 unspecified atom stereocenters. The highest BCUT2D eigenvalue weighted by Crippen LogP contribution is 2.01. The molecule has 21 heavy (non-hydrogen) atoms. The van der Waals surface area contributed by atoms with Crippen molar-refractivity contribution in [2.75, 3.05) is 20.1 Å². The standard InChI is InChI=1S/C17H23N3O/c1-18-17(20-13-11-16-10-6-14-21-16)19-12-5-9-15-7-3-2-4-8-15/h2-4,6-8,10,14H,5,9,11-13H2,1H3,(H2,18,19,20). The van der Waals surface area contributed by atoms with Crippen LogP contribution in [0.15, 0.2) is 58.1 Å². The van der Waals surface area contributed by atoms with Crippen LogP contribution in [-0.2, 0) is 12.8 Å². The van der Waals surface area contributed by atoms with Crippen LogP contribution >= 0.6 is 0 Å². The van der Waals surface area contributed by atoms with Gasteiger partial charge in [-0.2, -0.15) is 0 Å². The van der Waals surface area contributed by atoms with E-state index in [9.17, 15) is 0 Å². The predicted octanol–water partition coefficient (Wildman–Crippen LogP) is 2.62. The van der Waals surface area contributed by atoms with Crippen LogP contribution in [0.2, 0.25) is 0 Å². The van der Waals surface area contributed by atoms with E-state index in [1.54, 1.807) is 13.3 Å². The lowest BCUT2D eigenvalue weighted by Crippen LogP contribution is -2.38. The third-order valence-corrected chi connectivity index (χ3v) is 3.25. The number of furan rings is 1. The first-order chi connectivity index (χ1) is 10.4. The molecule has 112 valence electrons. The normalized spacial score (nSPS) is 11.4. The highest BCUT2D eigenvalue weighted by atomic mass is 16.3. The Morgan fingerprint density at radius 1 is 1.00 bits per heavy atom. The lowest BCUT2D eigenvalue weighted by atomic mass is 10.1. The Balaban J connectivity index is 1.59. The average Bonchev–Trinajstić information content (AvgIpc) is 3.04. The Morgan fingerprint density at radius 3 is 2.52 bits per heavy atom. The van der Waals surface area contributed by atoms with Crippen LogP contribution in [0.5, 0.6) is 0 Å². The van der Waals surface area contributed by atoms with Crippen molar-refractivity contribution in [3.05, 3.63) is 60.1 Å². The Hall–Kier alpha value is -2.23. The molecule has 0 saturated heterocycles. The van der Waals surface area contributed by atoms with Crippen molar-refractivity contribution >= 4 is 5.96 Å². The summed E-state index contributed by atoms with van der Waals surface area (Å²) in [4.78, 5) is 4.22. The van der Waals surface area contributed by atoms with Crippen LogP contribution in [0.4, 0.5) is 0 Å². The van der Waals surface area contributed by atoms with Gasteiger partial charge in [0.15, 0.2) is 5.96 Å². The molecule has 0 aliphatic carbocycles. The molecule has 0 radical (unpaired) electrons. The number of nitrogens with zero attached hydrogens (tertiary/aromatic N) is 1. The summed E-state index contributed by atoms with van der Waals surface area (Å²) in [6, 6.07) is 14.4. The topological polar surface area (TPSA) is 49.6 Å². The van der Waals surface area contributed by atoms with E-state index in [-0.39, 0.29) is 0 Å². The van der Waals surface area contributed by atoms with E-state index in [4.69, 9.17) is 4.42 Å². The molecule has 2 rings (SSSR count). The zero-order valence-electron chi connectivity index (χ0n) is 12.5. The van der Waals surface area contributed by atoms with E-state index in [1.807, 2.05) is 18.2 Å². The second-order valence-electron chi connectivity index (χ2n) is 4.84. The summed E-state index contributed by atoms with van der Waals surface area (Å²) in [6.45, 7) is 1.72. The van der Waals surface area contributed by atoms with Gasteiger partial charge in [0.1, 0.15) is 5.76 Å². The average molecular weight is 285 g/mol. The van der Waals surface area contributed by atoms with E-state index in [0.29, 0.717) is 0 Å². The molecule has 0 saturated carbocycles. The van der Waals surface area contributed by atoms with E-state index in [0.717, 1.165) is 44.1 Å². The minimum atomic E-state index is 0.811. The fraction of sp³-hybridized carbons (Fsp3) is 0.353. The second-order valence-corrected chi connectivity index (χ2v) is 4.84. The van der Waals surface area contributed by atoms with Crippen LogP contribution in [-0.4, -0.2) is 26.1 Å². The SMILES string of the molecule is CN=C(NCCCc1ccccc1)NCCc1ccco1. The molecule has 0 bridgehead atoms. The van der Waals surface area contributed by atoms with Crippen molar-refractivity contribution < 1.29 is 4.42 Å². The summed E-state index contributed by atoms with van der Waals surface area (Å²) in [5, 5.41) is 6.61. The van der Waals surface area contributed by atoms with Crippen LogP contribution in [0, 0.1) is 0 Å². The summed E-state index contributed by atoms with van der Waals surface area (Å²) < 4.78 is 5.30. The van der Waals surface area contributed by atoms with E-state index < -0.39 is 0 Å². The number of rotatable bonds is 7. The summed E-state index contributed by atoms with van der Waals surface area (Å²) >= 11 is 0. The van der Waals surface area contributed by atoms with Gasteiger partial charge in [-0.05, 0) is 30.5 Å². The van der Waals surface area contributed by atoms with Crippen molar-refractivity contribution in [2.45, 2.75) is 19.3 Å². The number of benzene rings is 1. The lowest BCUT2D eigenvalue weighted by Gasteiger charge is -2.11. The number of hydrogen-bond acceptors (Lipinski definition) is 2. The molecule has 2 aromatic rings. The molecular weight excluding hydrogens is 262 g/mol. The second kappa shape index (κ2) is 8.84. The zero-order chi connectivity index (χ0) is 14.8. The first-order valence-electron chi connectivity index (χ1n) is 7.39. The van der Waals surface area contributed by atoms with Gasteiger partial charge < -0.3 is 15.1 Å². The molecule has 0 aliphatic heterocycles. The quantitative estimate of drug-likeness (QED) is 0.467. The Kier molecular flexibility index (Phi) is 6.39. The highest BCUT2D eigenvalue weighted by Gasteiger charge is 1.99. The maximum absolute atomic E-state index is 5.30. The van der Waals surface area contributed by atoms with Gasteiger partial charge in [0, 0.05) is 26.6 Å². The number of hydrogen-bond donors (Lipinski definition) is 2. The number of nitrogens with one attached hydrogen (secondary N) is 2. The van der Waals surface area contributed by atoms with Crippen LogP contribution < -0.4 is 10.6 Å². The van der Waals surface area contributed by atoms with Crippen LogP contribution in [0.25, 0.3) is 0 Å². The third-order valence-electron chi connectivity index (χ3n) is 3.25. The van der Waals surface area contributed by atoms with Crippen molar-refractivity contribution in [1.82, 2.24) is 10.6 Å². The van der Waals surface area contributed by atoms with Crippen LogP contribution in [0.3, 0.4) is 0 Å². The molecule has 0 fully saturated rings. The van der Waals surface area contributed by atoms with Crippen LogP contribution in [0.1, 0.15) is 17.7 Å². The molecule has 4 heteroatoms. The molecular formula is C17H23N3O. The molecule has 0 atom stereocenters. The number of aryl methyl sites for hydroxylation is 1. The van der Waals surface area contributed by atoms with E-state index >= 15 is 0 Å². The molecule has 0 spiro atoms. The van der Waals surface area contributed by atoms with Gasteiger partial charge in [-0.25, -0.2) is 0 Å². The zero-order valence-corrected chi connectivity index (χ0v) is 12.5. The molecule has 2 N–H and O–H groups in total. The maximum atomic E-state index is 5.30. The largest absolute Gasteiger partial charge is 0.469 e. The molecule has 1 aromatic heterocycles. The molecule has 1 aromatic carbocycles. The fourth-order valence-corrected chi connectivity index (χ4v) is 2.12. The highest BCUT2D eigenvalue weighted by molar-refractivity contribution is 5.79. The molecule has 0 amide bonds. The van der Waals surface area contributed by atoms with Gasteiger partial charge in [0.05, 0.1) is 6.26 Å². The van der Waals surface area contributed by atoms with Crippen molar-refractivity contribution in [3.63, 3.8) is 0 Å². The summed E-state index contributed by atoms with van der Waals surface area (Å²) in [5.41, 5.74) is 1.38. The van der Waals surface area contributed by atoms with Crippen molar-refractivity contribution in [3.8, 4) is 0 Å². The first kappa shape index (κ1) is 15.2. The van der Waals surface area contributed by atoms with Gasteiger partial charge >= 0.3 is 0 Å². The summed E-state index contributed by atoms with van der Waals surface area (Å²) in [6.07, 6.45) is 4.73. The Morgan fingerprint density at radius 2 is 1.81 bits per heavy atom. The van der Waals surface area contributed by atoms with Gasteiger partial charge in [-0.15, -0.1) is 0 Å². The Bertz CT molecular complexity index is 520. The van der Waals surface area contributed by atoms with Gasteiger partial charge in [0.2, 0.25) is 0 Å². The smallest absolute Gasteiger partial charge is 0.190 e. The van der Waals surface area contributed by atoms with Gasteiger partial charge in [-0.3, -0.25) is 4.99 Å². The maximum Gasteiger partial charge on any atom is 0.190 e. The summed E-state index contributed by atoms with van der Waals surface area (Å²) in [5.74, 6) is 1.83. The summed E-state index contributed by atoms with van der Waals surface area (Å²) in [7, 11) is 1.79. The number of aliphatic imine (C=N–C) groups is 1. The fourth-order valence-electron chi connectivity index (χ4n) is 2.12. The lowest BCUT2D eigenvalue weighted by molar-refractivity contribution is 0.506. The molecule has 4 nitrogen and oxygen atoms in total. The minimum Gasteiger partial charge on any atom is -0.469 e. The van der Waals surface area contributed by atoms with Crippen molar-refractivity contribution in [2.24, 2.45) is 4.99 Å². The van der Waals surface area contributed by atoms with Gasteiger partial charge in [-0.1, -0.05) is 30.3 Å². The van der Waals surface area contributed by atoms with E-state index in [2.05, 4.69) is 39.9 Å². The predicted molar refractivity (Wildman–Crippen MR) is 86.5 cm³/mol. The monoisotopic (exact) mass is 285 g/mol. The third kappa shape index (κ3) is 5.73. The number of guanidine groups is 1. The van der Waals surface area contributed by atoms with Crippen molar-refractivity contribution in [1.29, 1.82) is 0 Å².